The summed E-state index contributed by atoms with van der Waals surface area (Å²) < 4.78 is 41.4. The van der Waals surface area contributed by atoms with Crippen molar-refractivity contribution in [3.05, 3.63) is 123 Å². The van der Waals surface area contributed by atoms with Crippen LogP contribution < -0.4 is 26.8 Å². The fraction of sp³-hybridized carbons (Fsp3) is 0.294. The van der Waals surface area contributed by atoms with E-state index in [2.05, 4.69) is 28.2 Å². The van der Waals surface area contributed by atoms with Crippen molar-refractivity contribution in [3.8, 4) is 11.3 Å². The number of hydrazine groups is 2. The van der Waals surface area contributed by atoms with Crippen LogP contribution in [-0.4, -0.2) is 33.2 Å². The third-order valence-corrected chi connectivity index (χ3v) is 9.12. The Labute approximate surface area is 274 Å². The van der Waals surface area contributed by atoms with E-state index in [1.54, 1.807) is 18.3 Å². The molecule has 0 radical (unpaired) electrons. The number of rotatable bonds is 4. The number of allylic oxidation sites excluding steroid dienone is 1. The highest BCUT2D eigenvalue weighted by molar-refractivity contribution is 6.31. The van der Waals surface area contributed by atoms with Gasteiger partial charge in [0.25, 0.3) is 5.56 Å². The van der Waals surface area contributed by atoms with E-state index in [9.17, 15) is 22.8 Å². The van der Waals surface area contributed by atoms with E-state index >= 15 is 0 Å². The summed E-state index contributed by atoms with van der Waals surface area (Å²) in [6.45, 7) is 4.36. The molecule has 2 aromatic heterocycles. The number of alkyl halides is 3. The Balaban J connectivity index is 1.41. The van der Waals surface area contributed by atoms with Gasteiger partial charge in [0.1, 0.15) is 0 Å². The van der Waals surface area contributed by atoms with E-state index in [1.165, 1.54) is 23.0 Å². The molecule has 4 heterocycles. The number of nitrogens with one attached hydrogen (secondary N) is 3. The molecule has 0 aliphatic carbocycles. The number of benzene rings is 2. The van der Waals surface area contributed by atoms with Crippen LogP contribution in [0.2, 0.25) is 5.02 Å². The Hall–Kier alpha value is -4.68. The number of anilines is 1. The van der Waals surface area contributed by atoms with Crippen LogP contribution in [-0.2, 0) is 10.2 Å². The Morgan fingerprint density at radius 3 is 2.49 bits per heavy atom. The summed E-state index contributed by atoms with van der Waals surface area (Å²) in [5.41, 5.74) is 6.20. The average Bonchev–Trinajstić information content (AvgIpc) is 3.57. The minimum atomic E-state index is -4.59. The Morgan fingerprint density at radius 1 is 0.979 bits per heavy atom. The molecule has 0 saturated carbocycles. The van der Waals surface area contributed by atoms with E-state index < -0.39 is 23.3 Å². The van der Waals surface area contributed by atoms with Gasteiger partial charge in [0.15, 0.2) is 5.70 Å². The lowest BCUT2D eigenvalue weighted by molar-refractivity contribution is -0.124. The van der Waals surface area contributed by atoms with Crippen LogP contribution in [0.3, 0.4) is 0 Å². The SMILES string of the molecule is C[C@@H]1CCC[C@H](n2cnc(-c3cc(Cl)ccc3N3C=C(C(F)(F)F)NN3)cc2=O)c2cc(ccn2)C(C)(c2ccccc2)CNC1=O. The molecule has 1 amide bonds. The number of fused-ring (bicyclic) bond motifs is 2. The van der Waals surface area contributed by atoms with Gasteiger partial charge in [-0.15, -0.1) is 5.53 Å². The zero-order chi connectivity index (χ0) is 33.3. The molecule has 9 nitrogen and oxygen atoms in total. The first-order valence-electron chi connectivity index (χ1n) is 15.2. The molecule has 47 heavy (non-hydrogen) atoms. The predicted octanol–water partition coefficient (Wildman–Crippen LogP) is 6.02. The van der Waals surface area contributed by atoms with Gasteiger partial charge in [-0.2, -0.15) is 13.2 Å². The minimum absolute atomic E-state index is 0.0287. The third kappa shape index (κ3) is 6.61. The fourth-order valence-electron chi connectivity index (χ4n) is 6.07. The molecule has 6 rings (SSSR count). The maximum absolute atomic E-state index is 13.8. The lowest BCUT2D eigenvalue weighted by Crippen LogP contribution is -2.42. The van der Waals surface area contributed by atoms with Crippen molar-refractivity contribution in [2.75, 3.05) is 11.6 Å². The Bertz CT molecular complexity index is 1880. The van der Waals surface area contributed by atoms with E-state index in [-0.39, 0.29) is 23.1 Å². The largest absolute Gasteiger partial charge is 0.433 e. The number of nitrogens with zero attached hydrogens (tertiary/aromatic N) is 4. The molecule has 3 N–H and O–H groups in total. The number of hydrogen-bond acceptors (Lipinski definition) is 7. The van der Waals surface area contributed by atoms with Crippen LogP contribution in [0, 0.1) is 5.92 Å². The fourth-order valence-corrected chi connectivity index (χ4v) is 6.24. The predicted molar refractivity (Wildman–Crippen MR) is 173 cm³/mol. The van der Waals surface area contributed by atoms with Crippen molar-refractivity contribution in [1.82, 2.24) is 30.8 Å². The smallest absolute Gasteiger partial charge is 0.355 e. The quantitative estimate of drug-likeness (QED) is 0.245. The number of carbonyl (C=O) groups excluding carboxylic acids is 1. The van der Waals surface area contributed by atoms with Gasteiger partial charge >= 0.3 is 6.18 Å². The summed E-state index contributed by atoms with van der Waals surface area (Å²) in [6, 6.07) is 19.3. The van der Waals surface area contributed by atoms with Gasteiger partial charge in [-0.05, 0) is 61.2 Å². The highest BCUT2D eigenvalue weighted by Crippen LogP contribution is 2.36. The number of pyridine rings is 1. The standard InChI is InChI=1S/C34H33ClF3N7O2/c1-21-7-6-10-29(27-15-23(13-14-39-27)33(2,19-40-32(21)47)22-8-4-3-5-9-22)44-20-41-26(17-31(44)46)25-16-24(35)11-12-28(25)45-18-30(42-43-45)34(36,37)38/h3-5,8-9,11-18,20-21,29,42-43H,6-7,10,19H2,1-2H3,(H,40,47)/t21-,29+,33?/m1/s1. The van der Waals surface area contributed by atoms with Crippen LogP contribution in [0.1, 0.15) is 56.0 Å². The molecule has 0 spiro atoms. The molecule has 4 aromatic rings. The van der Waals surface area contributed by atoms with E-state index in [1.807, 2.05) is 49.4 Å². The van der Waals surface area contributed by atoms with Gasteiger partial charge in [-0.1, -0.05) is 55.3 Å². The highest BCUT2D eigenvalue weighted by atomic mass is 35.5. The second kappa shape index (κ2) is 12.8. The van der Waals surface area contributed by atoms with Gasteiger partial charge in [-0.25, -0.2) is 4.98 Å². The van der Waals surface area contributed by atoms with Gasteiger partial charge in [-0.3, -0.25) is 29.6 Å². The molecule has 3 atom stereocenters. The van der Waals surface area contributed by atoms with Gasteiger partial charge in [0.2, 0.25) is 5.91 Å². The van der Waals surface area contributed by atoms with E-state index in [4.69, 9.17) is 16.6 Å². The van der Waals surface area contributed by atoms with E-state index in [0.29, 0.717) is 47.8 Å². The Kier molecular flexibility index (Phi) is 8.82. The summed E-state index contributed by atoms with van der Waals surface area (Å²) in [6.07, 6.45) is 1.23. The third-order valence-electron chi connectivity index (χ3n) is 8.89. The zero-order valence-electron chi connectivity index (χ0n) is 25.7. The average molecular weight is 664 g/mol. The molecule has 244 valence electrons. The molecular weight excluding hydrogens is 631 g/mol. The summed E-state index contributed by atoms with van der Waals surface area (Å²) in [4.78, 5) is 36.2. The molecular formula is C34H33ClF3N7O2. The maximum Gasteiger partial charge on any atom is 0.433 e. The van der Waals surface area contributed by atoms with Gasteiger partial charge < -0.3 is 5.32 Å². The van der Waals surface area contributed by atoms with Crippen LogP contribution in [0.15, 0.2) is 95.9 Å². The van der Waals surface area contributed by atoms with Crippen LogP contribution in [0.4, 0.5) is 18.9 Å². The number of amides is 1. The van der Waals surface area contributed by atoms with Crippen LogP contribution >= 0.6 is 11.6 Å². The second-order valence-electron chi connectivity index (χ2n) is 12.1. The maximum atomic E-state index is 13.8. The minimum Gasteiger partial charge on any atom is -0.355 e. The normalized spacial score (nSPS) is 22.0. The number of hydrogen-bond donors (Lipinski definition) is 3. The highest BCUT2D eigenvalue weighted by Gasteiger charge is 2.38. The van der Waals surface area contributed by atoms with Crippen molar-refractivity contribution in [2.24, 2.45) is 5.92 Å². The first kappa shape index (κ1) is 32.3. The molecule has 0 saturated heterocycles. The monoisotopic (exact) mass is 663 g/mol. The number of carbonyl (C=O) groups is 1. The number of aromatic nitrogens is 3. The molecule has 2 bridgehead atoms. The topological polar surface area (TPSA) is 104 Å². The molecule has 13 heteroatoms. The molecule has 2 aromatic carbocycles. The molecule has 2 aliphatic heterocycles. The van der Waals surface area contributed by atoms with Gasteiger partial charge in [0, 0.05) is 40.7 Å². The van der Waals surface area contributed by atoms with Crippen molar-refractivity contribution < 1.29 is 18.0 Å². The molecule has 0 fully saturated rings. The lowest BCUT2D eigenvalue weighted by Gasteiger charge is -2.33. The zero-order valence-corrected chi connectivity index (χ0v) is 26.4. The number of halogens is 4. The summed E-state index contributed by atoms with van der Waals surface area (Å²) in [5, 5.41) is 4.63. The second-order valence-corrected chi connectivity index (χ2v) is 12.5. The summed E-state index contributed by atoms with van der Waals surface area (Å²) in [5.74, 6) is -0.264. The van der Waals surface area contributed by atoms with Crippen molar-refractivity contribution in [3.63, 3.8) is 0 Å². The van der Waals surface area contributed by atoms with Crippen molar-refractivity contribution in [1.29, 1.82) is 0 Å². The Morgan fingerprint density at radius 2 is 1.77 bits per heavy atom. The summed E-state index contributed by atoms with van der Waals surface area (Å²) in [7, 11) is 0. The molecule has 1 unspecified atom stereocenters. The summed E-state index contributed by atoms with van der Waals surface area (Å²) >= 11 is 6.28. The van der Waals surface area contributed by atoms with Crippen molar-refractivity contribution in [2.45, 2.75) is 50.7 Å². The lowest BCUT2D eigenvalue weighted by atomic mass is 9.75. The molecule has 2 aliphatic rings. The van der Waals surface area contributed by atoms with E-state index in [0.717, 1.165) is 22.3 Å². The van der Waals surface area contributed by atoms with Crippen molar-refractivity contribution >= 4 is 23.2 Å². The van der Waals surface area contributed by atoms with Crippen LogP contribution in [0.5, 0.6) is 0 Å². The first-order chi connectivity index (χ1) is 22.4. The first-order valence-corrected chi connectivity index (χ1v) is 15.6. The van der Waals surface area contributed by atoms with Crippen LogP contribution in [0.25, 0.3) is 11.3 Å². The van der Waals surface area contributed by atoms with Gasteiger partial charge in [0.05, 0.1) is 35.6 Å².